The summed E-state index contributed by atoms with van der Waals surface area (Å²) in [7, 11) is 1.52. The number of benzene rings is 5. The summed E-state index contributed by atoms with van der Waals surface area (Å²) < 4.78 is 5.46. The standard InChI is InChI=1S/C38H31Cl2N3O4S/c1-24-20-32(34(47-2)23-31(24)40)42-38(46)35(26-11-5-3-6-12-26)48-30-18-16-29(17-19-30)41-37(45)33(22-25-10-9-15-28(39)21-25)43-36(44)27-13-7-4-8-14-27/h3-23,35H,1-2H3,(H,41,45)(H,42,46)(H,43,44)/b33-22-. The molecule has 3 amide bonds. The first kappa shape index (κ1) is 34.3. The van der Waals surface area contributed by atoms with Crippen molar-refractivity contribution in [3.63, 3.8) is 0 Å². The van der Waals surface area contributed by atoms with Gasteiger partial charge < -0.3 is 20.7 Å². The number of rotatable bonds is 11. The maximum absolute atomic E-state index is 13.7. The van der Waals surface area contributed by atoms with Gasteiger partial charge in [-0.05, 0) is 84.3 Å². The molecule has 5 rings (SSSR count). The molecule has 5 aromatic carbocycles. The van der Waals surface area contributed by atoms with E-state index in [1.165, 1.54) is 18.9 Å². The average molecular weight is 697 g/mol. The summed E-state index contributed by atoms with van der Waals surface area (Å²) in [5, 5.41) is 9.01. The summed E-state index contributed by atoms with van der Waals surface area (Å²) in [6.45, 7) is 1.86. The van der Waals surface area contributed by atoms with Crippen LogP contribution in [0.25, 0.3) is 6.08 Å². The third-order valence-corrected chi connectivity index (χ3v) is 9.04. The van der Waals surface area contributed by atoms with Crippen molar-refractivity contribution in [2.24, 2.45) is 0 Å². The zero-order chi connectivity index (χ0) is 34.0. The Morgan fingerprint density at radius 2 is 1.48 bits per heavy atom. The highest BCUT2D eigenvalue weighted by molar-refractivity contribution is 8.00. The van der Waals surface area contributed by atoms with Crippen LogP contribution in [0.4, 0.5) is 11.4 Å². The molecular formula is C38H31Cl2N3O4S. The lowest BCUT2D eigenvalue weighted by Crippen LogP contribution is -2.30. The molecule has 242 valence electrons. The van der Waals surface area contributed by atoms with Crippen LogP contribution >= 0.6 is 35.0 Å². The normalized spacial score (nSPS) is 11.7. The summed E-state index contributed by atoms with van der Waals surface area (Å²) >= 11 is 13.8. The molecule has 0 spiro atoms. The summed E-state index contributed by atoms with van der Waals surface area (Å²) in [5.74, 6) is -0.732. The molecular weight excluding hydrogens is 665 g/mol. The highest BCUT2D eigenvalue weighted by atomic mass is 35.5. The Bertz CT molecular complexity index is 1950. The van der Waals surface area contributed by atoms with E-state index in [1.54, 1.807) is 84.9 Å². The lowest BCUT2D eigenvalue weighted by molar-refractivity contribution is -0.116. The minimum atomic E-state index is -0.604. The van der Waals surface area contributed by atoms with Crippen molar-refractivity contribution in [2.75, 3.05) is 17.7 Å². The van der Waals surface area contributed by atoms with Crippen LogP contribution in [-0.2, 0) is 9.59 Å². The number of aryl methyl sites for hydroxylation is 1. The van der Waals surface area contributed by atoms with Gasteiger partial charge in [-0.25, -0.2) is 0 Å². The molecule has 5 aromatic rings. The van der Waals surface area contributed by atoms with Gasteiger partial charge in [-0.2, -0.15) is 0 Å². The third-order valence-electron chi connectivity index (χ3n) is 7.13. The molecule has 0 radical (unpaired) electrons. The SMILES string of the molecule is COc1cc(Cl)c(C)cc1NC(=O)C(Sc1ccc(NC(=O)/C(=C/c2cccc(Cl)c2)NC(=O)c2ccccc2)cc1)c1ccccc1. The average Bonchev–Trinajstić information content (AvgIpc) is 3.09. The molecule has 1 unspecified atom stereocenters. The van der Waals surface area contributed by atoms with Crippen LogP contribution in [0.2, 0.25) is 10.0 Å². The predicted octanol–water partition coefficient (Wildman–Crippen LogP) is 9.19. The van der Waals surface area contributed by atoms with Crippen LogP contribution < -0.4 is 20.7 Å². The summed E-state index contributed by atoms with van der Waals surface area (Å²) in [6.07, 6.45) is 1.56. The Morgan fingerprint density at radius 1 is 0.792 bits per heavy atom. The number of thioether (sulfide) groups is 1. The smallest absolute Gasteiger partial charge is 0.272 e. The van der Waals surface area contributed by atoms with E-state index in [1.807, 2.05) is 49.4 Å². The molecule has 0 aliphatic rings. The number of carbonyl (C=O) groups is 3. The van der Waals surface area contributed by atoms with Gasteiger partial charge >= 0.3 is 0 Å². The van der Waals surface area contributed by atoms with Gasteiger partial charge in [-0.3, -0.25) is 14.4 Å². The first-order valence-corrected chi connectivity index (χ1v) is 16.5. The number of hydrogen-bond donors (Lipinski definition) is 3. The number of anilines is 2. The molecule has 0 fully saturated rings. The summed E-state index contributed by atoms with van der Waals surface area (Å²) in [6, 6.07) is 35.6. The summed E-state index contributed by atoms with van der Waals surface area (Å²) in [5.41, 5.74) is 3.72. The van der Waals surface area contributed by atoms with E-state index in [0.29, 0.717) is 38.3 Å². The van der Waals surface area contributed by atoms with Gasteiger partial charge in [0.05, 0.1) is 12.8 Å². The molecule has 0 aliphatic heterocycles. The fourth-order valence-corrected chi connectivity index (χ4v) is 6.06. The number of halogens is 2. The van der Waals surface area contributed by atoms with E-state index in [4.69, 9.17) is 27.9 Å². The van der Waals surface area contributed by atoms with Gasteiger partial charge in [0.25, 0.3) is 11.8 Å². The zero-order valence-electron chi connectivity index (χ0n) is 26.0. The number of amides is 3. The Labute approximate surface area is 293 Å². The molecule has 0 heterocycles. The number of nitrogens with one attached hydrogen (secondary N) is 3. The first-order valence-electron chi connectivity index (χ1n) is 14.8. The van der Waals surface area contributed by atoms with Crippen molar-refractivity contribution >= 4 is 70.1 Å². The Hall–Kier alpha value is -5.02. The van der Waals surface area contributed by atoms with Crippen LogP contribution in [0.5, 0.6) is 5.75 Å². The monoisotopic (exact) mass is 695 g/mol. The highest BCUT2D eigenvalue weighted by Crippen LogP contribution is 2.38. The van der Waals surface area contributed by atoms with Crippen molar-refractivity contribution in [1.82, 2.24) is 5.32 Å². The minimum absolute atomic E-state index is 0.0400. The topological polar surface area (TPSA) is 96.5 Å². The van der Waals surface area contributed by atoms with Crippen LogP contribution in [0, 0.1) is 6.92 Å². The third kappa shape index (κ3) is 9.07. The molecule has 7 nitrogen and oxygen atoms in total. The Balaban J connectivity index is 1.34. The van der Waals surface area contributed by atoms with Gasteiger partial charge in [0.15, 0.2) is 0 Å². The van der Waals surface area contributed by atoms with Gasteiger partial charge in [-0.15, -0.1) is 11.8 Å². The molecule has 48 heavy (non-hydrogen) atoms. The predicted molar refractivity (Wildman–Crippen MR) is 195 cm³/mol. The van der Waals surface area contributed by atoms with Gasteiger partial charge in [0, 0.05) is 32.3 Å². The van der Waals surface area contributed by atoms with Gasteiger partial charge in [0.1, 0.15) is 16.7 Å². The molecule has 0 aliphatic carbocycles. The van der Waals surface area contributed by atoms with Crippen molar-refractivity contribution in [2.45, 2.75) is 17.1 Å². The molecule has 0 saturated carbocycles. The number of methoxy groups -OCH3 is 1. The lowest BCUT2D eigenvalue weighted by atomic mass is 10.1. The molecule has 0 bridgehead atoms. The zero-order valence-corrected chi connectivity index (χ0v) is 28.3. The van der Waals surface area contributed by atoms with Crippen molar-refractivity contribution < 1.29 is 19.1 Å². The van der Waals surface area contributed by atoms with E-state index in [0.717, 1.165) is 16.0 Å². The largest absolute Gasteiger partial charge is 0.495 e. The van der Waals surface area contributed by atoms with E-state index in [-0.39, 0.29) is 11.6 Å². The van der Waals surface area contributed by atoms with Crippen LogP contribution in [-0.4, -0.2) is 24.8 Å². The van der Waals surface area contributed by atoms with Crippen molar-refractivity contribution in [1.29, 1.82) is 0 Å². The van der Waals surface area contributed by atoms with Crippen LogP contribution in [0.3, 0.4) is 0 Å². The maximum atomic E-state index is 13.7. The molecule has 0 saturated heterocycles. The first-order chi connectivity index (χ1) is 23.2. The van der Waals surface area contributed by atoms with Crippen molar-refractivity contribution in [3.8, 4) is 5.75 Å². The number of hydrogen-bond acceptors (Lipinski definition) is 5. The number of carbonyl (C=O) groups excluding carboxylic acids is 3. The van der Waals surface area contributed by atoms with Gasteiger partial charge in [0.2, 0.25) is 5.91 Å². The summed E-state index contributed by atoms with van der Waals surface area (Å²) in [4.78, 5) is 40.9. The molecule has 3 N–H and O–H groups in total. The molecule has 1 atom stereocenters. The fraction of sp³-hybridized carbons (Fsp3) is 0.0789. The van der Waals surface area contributed by atoms with E-state index in [9.17, 15) is 14.4 Å². The van der Waals surface area contributed by atoms with E-state index >= 15 is 0 Å². The molecule has 0 aromatic heterocycles. The van der Waals surface area contributed by atoms with E-state index in [2.05, 4.69) is 16.0 Å². The minimum Gasteiger partial charge on any atom is -0.495 e. The van der Waals surface area contributed by atoms with Gasteiger partial charge in [-0.1, -0.05) is 83.9 Å². The maximum Gasteiger partial charge on any atom is 0.272 e. The highest BCUT2D eigenvalue weighted by Gasteiger charge is 2.24. The molecule has 10 heteroatoms. The van der Waals surface area contributed by atoms with Crippen molar-refractivity contribution in [3.05, 3.63) is 159 Å². The second kappa shape index (κ2) is 16.2. The second-order valence-corrected chi connectivity index (χ2v) is 12.6. The fourth-order valence-electron chi connectivity index (χ4n) is 4.69. The second-order valence-electron chi connectivity index (χ2n) is 10.6. The number of ether oxygens (including phenoxy) is 1. The quantitative estimate of drug-likeness (QED) is 0.0946. The lowest BCUT2D eigenvalue weighted by Gasteiger charge is -2.19. The van der Waals surface area contributed by atoms with Crippen LogP contribution in [0.15, 0.2) is 132 Å². The Morgan fingerprint density at radius 3 is 2.15 bits per heavy atom. The van der Waals surface area contributed by atoms with E-state index < -0.39 is 17.1 Å². The van der Waals surface area contributed by atoms with Crippen LogP contribution in [0.1, 0.15) is 32.3 Å². The Kier molecular flexibility index (Phi) is 11.6.